The number of hydrogen-bond donors (Lipinski definition) is 1. The molecule has 1 aromatic carbocycles. The van der Waals surface area contributed by atoms with Crippen LogP contribution in [0.3, 0.4) is 0 Å². The first kappa shape index (κ1) is 18.7. The highest BCUT2D eigenvalue weighted by atomic mass is 16.5. The molecule has 1 aliphatic heterocycles. The zero-order valence-electron chi connectivity index (χ0n) is 14.8. The van der Waals surface area contributed by atoms with E-state index < -0.39 is 0 Å². The third-order valence-electron chi connectivity index (χ3n) is 4.04. The Morgan fingerprint density at radius 1 is 1.38 bits per heavy atom. The monoisotopic (exact) mass is 335 g/mol. The topological polar surface area (TPSA) is 56.8 Å². The van der Waals surface area contributed by atoms with Gasteiger partial charge >= 0.3 is 0 Å². The Hall–Kier alpha value is -1.59. The van der Waals surface area contributed by atoms with Crippen LogP contribution in [0.2, 0.25) is 0 Å². The lowest BCUT2D eigenvalue weighted by Crippen LogP contribution is -2.31. The van der Waals surface area contributed by atoms with E-state index in [0.29, 0.717) is 25.3 Å². The van der Waals surface area contributed by atoms with Crippen molar-refractivity contribution in [3.63, 3.8) is 0 Å². The number of amides is 1. The molecule has 0 aliphatic carbocycles. The predicted molar refractivity (Wildman–Crippen MR) is 93.5 cm³/mol. The fourth-order valence-electron chi connectivity index (χ4n) is 2.67. The second-order valence-corrected chi connectivity index (χ2v) is 6.01. The molecule has 0 spiro atoms. The van der Waals surface area contributed by atoms with Crippen molar-refractivity contribution in [1.82, 2.24) is 5.32 Å². The Balaban J connectivity index is 1.96. The third kappa shape index (κ3) is 5.80. The summed E-state index contributed by atoms with van der Waals surface area (Å²) in [6.07, 6.45) is 4.37. The van der Waals surface area contributed by atoms with Crippen molar-refractivity contribution in [1.29, 1.82) is 0 Å². The van der Waals surface area contributed by atoms with Crippen molar-refractivity contribution in [3.05, 3.63) is 29.3 Å². The summed E-state index contributed by atoms with van der Waals surface area (Å²) < 4.78 is 16.9. The fraction of sp³-hybridized carbons (Fsp3) is 0.632. The summed E-state index contributed by atoms with van der Waals surface area (Å²) in [6, 6.07) is 5.51. The average Bonchev–Trinajstić information content (AvgIpc) is 3.11. The summed E-state index contributed by atoms with van der Waals surface area (Å²) in [6.45, 7) is 7.21. The number of carbonyl (C=O) groups is 1. The Morgan fingerprint density at radius 3 is 2.96 bits per heavy atom. The van der Waals surface area contributed by atoms with Gasteiger partial charge in [0.2, 0.25) is 0 Å². The van der Waals surface area contributed by atoms with Crippen LogP contribution >= 0.6 is 0 Å². The van der Waals surface area contributed by atoms with Gasteiger partial charge in [0.05, 0.1) is 19.3 Å². The quantitative estimate of drug-likeness (QED) is 0.667. The standard InChI is InChI=1S/C19H29NO4/c1-3-5-10-22-14-16-12-15(8-9-18(16)23-4-2)19(21)20-13-17-7-6-11-24-17/h8-9,12,17H,3-7,10-11,13-14H2,1-2H3,(H,20,21). The highest BCUT2D eigenvalue weighted by molar-refractivity contribution is 5.94. The maximum Gasteiger partial charge on any atom is 0.251 e. The molecule has 1 aromatic rings. The SMILES string of the molecule is CCCCOCc1cc(C(=O)NCC2CCCO2)ccc1OCC. The van der Waals surface area contributed by atoms with E-state index >= 15 is 0 Å². The molecule has 0 radical (unpaired) electrons. The molecule has 0 saturated carbocycles. The minimum absolute atomic E-state index is 0.0802. The van der Waals surface area contributed by atoms with Crippen LogP contribution in [0.1, 0.15) is 55.5 Å². The van der Waals surface area contributed by atoms with Crippen molar-refractivity contribution >= 4 is 5.91 Å². The molecule has 0 bridgehead atoms. The van der Waals surface area contributed by atoms with Crippen LogP contribution in [0.15, 0.2) is 18.2 Å². The van der Waals surface area contributed by atoms with Crippen LogP contribution in [-0.4, -0.2) is 38.4 Å². The molecular weight excluding hydrogens is 306 g/mol. The summed E-state index contributed by atoms with van der Waals surface area (Å²) in [5, 5.41) is 2.95. The van der Waals surface area contributed by atoms with E-state index in [9.17, 15) is 4.79 Å². The maximum absolute atomic E-state index is 12.4. The minimum Gasteiger partial charge on any atom is -0.494 e. The zero-order chi connectivity index (χ0) is 17.2. The molecule has 1 heterocycles. The number of unbranched alkanes of at least 4 members (excludes halogenated alkanes) is 1. The number of hydrogen-bond acceptors (Lipinski definition) is 4. The highest BCUT2D eigenvalue weighted by Crippen LogP contribution is 2.22. The van der Waals surface area contributed by atoms with Crippen molar-refractivity contribution in [2.24, 2.45) is 0 Å². The summed E-state index contributed by atoms with van der Waals surface area (Å²) >= 11 is 0. The molecular formula is C19H29NO4. The number of carbonyl (C=O) groups excluding carboxylic acids is 1. The Morgan fingerprint density at radius 2 is 2.25 bits per heavy atom. The van der Waals surface area contributed by atoms with Crippen LogP contribution in [0.4, 0.5) is 0 Å². The van der Waals surface area contributed by atoms with Gasteiger partial charge in [0.25, 0.3) is 5.91 Å². The van der Waals surface area contributed by atoms with Gasteiger partial charge in [-0.15, -0.1) is 0 Å². The van der Waals surface area contributed by atoms with E-state index in [1.165, 1.54) is 0 Å². The van der Waals surface area contributed by atoms with E-state index in [1.54, 1.807) is 6.07 Å². The first-order chi connectivity index (χ1) is 11.7. The van der Waals surface area contributed by atoms with E-state index in [1.807, 2.05) is 19.1 Å². The minimum atomic E-state index is -0.0802. The molecule has 5 nitrogen and oxygen atoms in total. The first-order valence-electron chi connectivity index (χ1n) is 8.97. The molecule has 1 fully saturated rings. The summed E-state index contributed by atoms with van der Waals surface area (Å²) in [5.41, 5.74) is 1.54. The molecule has 24 heavy (non-hydrogen) atoms. The van der Waals surface area contributed by atoms with Crippen LogP contribution in [0, 0.1) is 0 Å². The molecule has 1 N–H and O–H groups in total. The van der Waals surface area contributed by atoms with Gasteiger partial charge < -0.3 is 19.5 Å². The van der Waals surface area contributed by atoms with Gasteiger partial charge in [0.1, 0.15) is 5.75 Å². The molecule has 1 unspecified atom stereocenters. The fourth-order valence-corrected chi connectivity index (χ4v) is 2.67. The number of ether oxygens (including phenoxy) is 3. The van der Waals surface area contributed by atoms with Gasteiger partial charge in [-0.1, -0.05) is 13.3 Å². The number of benzene rings is 1. The third-order valence-corrected chi connectivity index (χ3v) is 4.04. The normalized spacial score (nSPS) is 17.0. The molecule has 1 aliphatic rings. The van der Waals surface area contributed by atoms with Gasteiger partial charge in [-0.3, -0.25) is 4.79 Å². The molecule has 134 valence electrons. The van der Waals surface area contributed by atoms with Gasteiger partial charge in [0.15, 0.2) is 0 Å². The van der Waals surface area contributed by atoms with Crippen LogP contribution in [0.5, 0.6) is 5.75 Å². The lowest BCUT2D eigenvalue weighted by atomic mass is 10.1. The van der Waals surface area contributed by atoms with Gasteiger partial charge in [-0.25, -0.2) is 0 Å². The summed E-state index contributed by atoms with van der Waals surface area (Å²) in [7, 11) is 0. The van der Waals surface area contributed by atoms with Crippen molar-refractivity contribution < 1.29 is 19.0 Å². The lowest BCUT2D eigenvalue weighted by molar-refractivity contribution is 0.0857. The second-order valence-electron chi connectivity index (χ2n) is 6.01. The smallest absolute Gasteiger partial charge is 0.251 e. The van der Waals surface area contributed by atoms with Gasteiger partial charge in [-0.2, -0.15) is 0 Å². The van der Waals surface area contributed by atoms with E-state index in [-0.39, 0.29) is 12.0 Å². The first-order valence-corrected chi connectivity index (χ1v) is 8.97. The second kappa shape index (κ2) is 10.3. The van der Waals surface area contributed by atoms with Crippen molar-refractivity contribution in [3.8, 4) is 5.75 Å². The van der Waals surface area contributed by atoms with E-state index in [0.717, 1.165) is 50.2 Å². The maximum atomic E-state index is 12.4. The number of nitrogens with one attached hydrogen (secondary N) is 1. The summed E-state index contributed by atoms with van der Waals surface area (Å²) in [4.78, 5) is 12.4. The van der Waals surface area contributed by atoms with Crippen LogP contribution in [-0.2, 0) is 16.1 Å². The largest absolute Gasteiger partial charge is 0.494 e. The van der Waals surface area contributed by atoms with Crippen molar-refractivity contribution in [2.75, 3.05) is 26.4 Å². The molecule has 1 amide bonds. The molecule has 2 rings (SSSR count). The molecule has 1 saturated heterocycles. The average molecular weight is 335 g/mol. The Kier molecular flexibility index (Phi) is 8.05. The zero-order valence-corrected chi connectivity index (χ0v) is 14.8. The van der Waals surface area contributed by atoms with Gasteiger partial charge in [-0.05, 0) is 44.4 Å². The Labute approximate surface area is 144 Å². The number of rotatable bonds is 10. The molecule has 0 aromatic heterocycles. The lowest BCUT2D eigenvalue weighted by Gasteiger charge is -2.14. The summed E-state index contributed by atoms with van der Waals surface area (Å²) in [5.74, 6) is 0.702. The predicted octanol–water partition coefficient (Wildman–Crippen LogP) is 3.31. The van der Waals surface area contributed by atoms with Crippen LogP contribution < -0.4 is 10.1 Å². The van der Waals surface area contributed by atoms with Gasteiger partial charge in [0, 0.05) is 30.9 Å². The van der Waals surface area contributed by atoms with E-state index in [4.69, 9.17) is 14.2 Å². The van der Waals surface area contributed by atoms with Crippen molar-refractivity contribution in [2.45, 2.75) is 52.2 Å². The van der Waals surface area contributed by atoms with E-state index in [2.05, 4.69) is 12.2 Å². The Bertz CT molecular complexity index is 512. The van der Waals surface area contributed by atoms with Crippen LogP contribution in [0.25, 0.3) is 0 Å². The highest BCUT2D eigenvalue weighted by Gasteiger charge is 2.17. The molecule has 5 heteroatoms. The molecule has 1 atom stereocenters.